The quantitative estimate of drug-likeness (QED) is 0.567. The summed E-state index contributed by atoms with van der Waals surface area (Å²) in [6.45, 7) is 6.74. The lowest BCUT2D eigenvalue weighted by Gasteiger charge is -2.09. The lowest BCUT2D eigenvalue weighted by Crippen LogP contribution is -1.98. The number of aryl methyl sites for hydroxylation is 1. The normalized spacial score (nSPS) is 13.0. The molecule has 0 aliphatic heterocycles. The fourth-order valence-electron chi connectivity index (χ4n) is 2.05. The van der Waals surface area contributed by atoms with E-state index in [1.165, 1.54) is 43.2 Å². The summed E-state index contributed by atoms with van der Waals surface area (Å²) in [5.41, 5.74) is 2.92. The Hall–Kier alpha value is -0.300. The Morgan fingerprint density at radius 1 is 1.06 bits per heavy atom. The van der Waals surface area contributed by atoms with E-state index in [9.17, 15) is 0 Å². The molecule has 0 amide bonds. The number of rotatable bonds is 7. The van der Waals surface area contributed by atoms with Gasteiger partial charge in [0.25, 0.3) is 0 Å². The first-order chi connectivity index (χ1) is 8.13. The fraction of sp³-hybridized carbons (Fsp3) is 0.625. The smallest absolute Gasteiger partial charge is 0.0145 e. The second kappa shape index (κ2) is 7.92. The van der Waals surface area contributed by atoms with Crippen LogP contribution in [0.3, 0.4) is 0 Å². The van der Waals surface area contributed by atoms with Gasteiger partial charge in [0.1, 0.15) is 0 Å². The van der Waals surface area contributed by atoms with Gasteiger partial charge in [-0.05, 0) is 42.7 Å². The van der Waals surface area contributed by atoms with Crippen LogP contribution < -0.4 is 0 Å². The molecule has 1 unspecified atom stereocenters. The van der Waals surface area contributed by atoms with Crippen LogP contribution in [-0.2, 0) is 6.42 Å². The number of benzene rings is 1. The molecule has 0 aliphatic rings. The van der Waals surface area contributed by atoms with Crippen LogP contribution in [0.15, 0.2) is 24.3 Å². The highest BCUT2D eigenvalue weighted by atomic mass is 79.9. The van der Waals surface area contributed by atoms with E-state index in [2.05, 4.69) is 61.0 Å². The van der Waals surface area contributed by atoms with Gasteiger partial charge in [-0.1, -0.05) is 67.4 Å². The van der Waals surface area contributed by atoms with Crippen molar-refractivity contribution in [2.45, 2.75) is 63.6 Å². The summed E-state index contributed by atoms with van der Waals surface area (Å²) < 4.78 is 0. The lowest BCUT2D eigenvalue weighted by atomic mass is 9.99. The highest BCUT2D eigenvalue weighted by Crippen LogP contribution is 2.18. The first kappa shape index (κ1) is 14.8. The first-order valence-corrected chi connectivity index (χ1v) is 7.78. The molecule has 1 atom stereocenters. The standard InChI is InChI=1S/C16H25Br/c1-4-6-16(17)8-5-7-14-9-11-15(12-10-14)13(2)3/h9-13,16H,4-8H2,1-3H3. The van der Waals surface area contributed by atoms with Gasteiger partial charge in [-0.25, -0.2) is 0 Å². The van der Waals surface area contributed by atoms with Crippen LogP contribution in [0.25, 0.3) is 0 Å². The van der Waals surface area contributed by atoms with Crippen molar-refractivity contribution in [2.24, 2.45) is 0 Å². The molecule has 96 valence electrons. The van der Waals surface area contributed by atoms with E-state index >= 15 is 0 Å². The van der Waals surface area contributed by atoms with Crippen LogP contribution >= 0.6 is 15.9 Å². The second-order valence-corrected chi connectivity index (χ2v) is 6.47. The highest BCUT2D eigenvalue weighted by Gasteiger charge is 2.03. The fourth-order valence-corrected chi connectivity index (χ4v) is 2.84. The number of halogens is 1. The van der Waals surface area contributed by atoms with Crippen LogP contribution in [0.2, 0.25) is 0 Å². The molecular weight excluding hydrogens is 272 g/mol. The largest absolute Gasteiger partial charge is 0.0891 e. The first-order valence-electron chi connectivity index (χ1n) is 6.86. The molecule has 0 bridgehead atoms. The van der Waals surface area contributed by atoms with E-state index in [0.29, 0.717) is 10.7 Å². The van der Waals surface area contributed by atoms with Gasteiger partial charge in [0, 0.05) is 4.83 Å². The molecule has 0 fully saturated rings. The Kier molecular flexibility index (Phi) is 6.87. The third-order valence-electron chi connectivity index (χ3n) is 3.23. The monoisotopic (exact) mass is 296 g/mol. The second-order valence-electron chi connectivity index (χ2n) is 5.17. The maximum atomic E-state index is 3.74. The van der Waals surface area contributed by atoms with Gasteiger partial charge >= 0.3 is 0 Å². The van der Waals surface area contributed by atoms with E-state index in [4.69, 9.17) is 0 Å². The van der Waals surface area contributed by atoms with Crippen molar-refractivity contribution in [3.05, 3.63) is 35.4 Å². The molecule has 0 heterocycles. The summed E-state index contributed by atoms with van der Waals surface area (Å²) in [6.07, 6.45) is 6.37. The molecule has 0 nitrogen and oxygen atoms in total. The Labute approximate surface area is 115 Å². The summed E-state index contributed by atoms with van der Waals surface area (Å²) in [5.74, 6) is 0.639. The molecule has 1 aromatic carbocycles. The zero-order valence-electron chi connectivity index (χ0n) is 11.4. The minimum Gasteiger partial charge on any atom is -0.0891 e. The Morgan fingerprint density at radius 3 is 2.24 bits per heavy atom. The van der Waals surface area contributed by atoms with Gasteiger partial charge in [-0.15, -0.1) is 0 Å². The van der Waals surface area contributed by atoms with Crippen LogP contribution in [-0.4, -0.2) is 4.83 Å². The molecule has 0 aliphatic carbocycles. The third-order valence-corrected chi connectivity index (χ3v) is 4.15. The molecule has 1 heteroatoms. The van der Waals surface area contributed by atoms with Crippen LogP contribution in [0.5, 0.6) is 0 Å². The SMILES string of the molecule is CCCC(Br)CCCc1ccc(C(C)C)cc1. The molecule has 1 aromatic rings. The van der Waals surface area contributed by atoms with Crippen molar-refractivity contribution < 1.29 is 0 Å². The van der Waals surface area contributed by atoms with Gasteiger partial charge in [0.15, 0.2) is 0 Å². The summed E-state index contributed by atoms with van der Waals surface area (Å²) >= 11 is 3.74. The van der Waals surface area contributed by atoms with Crippen molar-refractivity contribution >= 4 is 15.9 Å². The van der Waals surface area contributed by atoms with Crippen molar-refractivity contribution in [1.82, 2.24) is 0 Å². The summed E-state index contributed by atoms with van der Waals surface area (Å²) in [7, 11) is 0. The molecular formula is C16H25Br. The van der Waals surface area contributed by atoms with Crippen LogP contribution in [0, 0.1) is 0 Å². The topological polar surface area (TPSA) is 0 Å². The minimum absolute atomic E-state index is 0.639. The van der Waals surface area contributed by atoms with E-state index in [1.54, 1.807) is 0 Å². The zero-order chi connectivity index (χ0) is 12.7. The predicted octanol–water partition coefficient (Wildman–Crippen LogP) is 5.70. The van der Waals surface area contributed by atoms with Crippen molar-refractivity contribution in [3.8, 4) is 0 Å². The van der Waals surface area contributed by atoms with Crippen molar-refractivity contribution in [1.29, 1.82) is 0 Å². The Bertz CT molecular complexity index is 300. The van der Waals surface area contributed by atoms with Crippen LogP contribution in [0.4, 0.5) is 0 Å². The van der Waals surface area contributed by atoms with Gasteiger partial charge in [0.05, 0.1) is 0 Å². The number of hydrogen-bond acceptors (Lipinski definition) is 0. The minimum atomic E-state index is 0.639. The molecule has 17 heavy (non-hydrogen) atoms. The average Bonchev–Trinajstić information content (AvgIpc) is 2.30. The number of alkyl halides is 1. The summed E-state index contributed by atoms with van der Waals surface area (Å²) in [4.78, 5) is 0.711. The molecule has 0 N–H and O–H groups in total. The average molecular weight is 297 g/mol. The molecule has 1 rings (SSSR count). The Balaban J connectivity index is 2.32. The maximum Gasteiger partial charge on any atom is 0.0145 e. The lowest BCUT2D eigenvalue weighted by molar-refractivity contribution is 0.655. The third kappa shape index (κ3) is 5.72. The van der Waals surface area contributed by atoms with E-state index < -0.39 is 0 Å². The van der Waals surface area contributed by atoms with E-state index in [0.717, 1.165) is 0 Å². The summed E-state index contributed by atoms with van der Waals surface area (Å²) in [6, 6.07) is 9.13. The Morgan fingerprint density at radius 2 is 1.71 bits per heavy atom. The molecule has 0 radical (unpaired) electrons. The highest BCUT2D eigenvalue weighted by molar-refractivity contribution is 9.09. The molecule has 0 saturated heterocycles. The zero-order valence-corrected chi connectivity index (χ0v) is 13.0. The molecule has 0 saturated carbocycles. The van der Waals surface area contributed by atoms with Crippen LogP contribution in [0.1, 0.15) is 63.5 Å². The van der Waals surface area contributed by atoms with Gasteiger partial charge in [0.2, 0.25) is 0 Å². The number of hydrogen-bond donors (Lipinski definition) is 0. The maximum absolute atomic E-state index is 3.74. The summed E-state index contributed by atoms with van der Waals surface area (Å²) in [5, 5.41) is 0. The van der Waals surface area contributed by atoms with Crippen molar-refractivity contribution in [3.63, 3.8) is 0 Å². The van der Waals surface area contributed by atoms with Gasteiger partial charge in [-0.3, -0.25) is 0 Å². The van der Waals surface area contributed by atoms with Gasteiger partial charge < -0.3 is 0 Å². The molecule has 0 spiro atoms. The molecule has 0 aromatic heterocycles. The van der Waals surface area contributed by atoms with Gasteiger partial charge in [-0.2, -0.15) is 0 Å². The van der Waals surface area contributed by atoms with Crippen molar-refractivity contribution in [2.75, 3.05) is 0 Å². The van der Waals surface area contributed by atoms with E-state index in [-0.39, 0.29) is 0 Å². The predicted molar refractivity (Wildman–Crippen MR) is 81.1 cm³/mol. The van der Waals surface area contributed by atoms with E-state index in [1.807, 2.05) is 0 Å².